The van der Waals surface area contributed by atoms with Crippen molar-refractivity contribution in [1.29, 1.82) is 0 Å². The lowest BCUT2D eigenvalue weighted by molar-refractivity contribution is -0.870. The molecule has 2 atom stereocenters. The predicted molar refractivity (Wildman–Crippen MR) is 399 cm³/mol. The molecule has 0 rings (SSSR count). The van der Waals surface area contributed by atoms with E-state index in [0.717, 1.165) is 51.4 Å². The van der Waals surface area contributed by atoms with Gasteiger partial charge in [0.05, 0.1) is 40.3 Å². The molecule has 0 spiro atoms. The molecule has 0 aromatic rings. The molecule has 93 heavy (non-hydrogen) atoms. The third-order valence-corrected chi connectivity index (χ3v) is 18.9. The van der Waals surface area contributed by atoms with Gasteiger partial charge in [0.15, 0.2) is 12.4 Å². The summed E-state index contributed by atoms with van der Waals surface area (Å²) in [4.78, 5) is 37.6. The smallest absolute Gasteiger partial charge is 0.306 e. The number of carbonyl (C=O) groups excluding carboxylic acids is 3. The first-order valence-electron chi connectivity index (χ1n) is 41.1. The maximum Gasteiger partial charge on any atom is 0.306 e. The van der Waals surface area contributed by atoms with Crippen LogP contribution in [0.4, 0.5) is 0 Å². The minimum atomic E-state index is -1.62. The van der Waals surface area contributed by atoms with Crippen molar-refractivity contribution >= 4 is 17.9 Å². The van der Waals surface area contributed by atoms with E-state index in [1.54, 1.807) is 0 Å². The molecular formula is C84H159NO8. The summed E-state index contributed by atoms with van der Waals surface area (Å²) < 4.78 is 22.9. The van der Waals surface area contributed by atoms with Crippen LogP contribution in [0, 0.1) is 0 Å². The SMILES string of the molecule is CCCCCCC/C=C\C/C=C\C/C=C\CCCCCCCCCCCCCCCCCCCCCCCCCCC(=O)OC(COC(=O)CCCCCCCCCCCCCCCCCCCCCCCCCCCCCCC)COC(OCC[N+](C)(C)C)C(=O)[O-]. The van der Waals surface area contributed by atoms with Gasteiger partial charge in [-0.25, -0.2) is 0 Å². The van der Waals surface area contributed by atoms with E-state index in [2.05, 4.69) is 50.3 Å². The topological polar surface area (TPSA) is 111 Å². The second-order valence-electron chi connectivity index (χ2n) is 29.4. The number of hydrogen-bond donors (Lipinski definition) is 0. The molecule has 0 aromatic heterocycles. The van der Waals surface area contributed by atoms with E-state index in [9.17, 15) is 19.5 Å². The first kappa shape index (κ1) is 90.5. The van der Waals surface area contributed by atoms with Crippen molar-refractivity contribution in [2.45, 2.75) is 437 Å². The van der Waals surface area contributed by atoms with Crippen LogP contribution >= 0.6 is 0 Å². The Morgan fingerprint density at radius 3 is 0.860 bits per heavy atom. The largest absolute Gasteiger partial charge is 0.545 e. The second-order valence-corrected chi connectivity index (χ2v) is 29.4. The number of carbonyl (C=O) groups is 3. The summed E-state index contributed by atoms with van der Waals surface area (Å²) in [5, 5.41) is 11.9. The number of likely N-dealkylation sites (N-methyl/N-ethyl adjacent to an activating group) is 1. The molecule has 0 bridgehead atoms. The van der Waals surface area contributed by atoms with Gasteiger partial charge in [-0.15, -0.1) is 0 Å². The minimum Gasteiger partial charge on any atom is -0.545 e. The molecule has 9 nitrogen and oxygen atoms in total. The molecule has 0 aromatic carbocycles. The van der Waals surface area contributed by atoms with Crippen molar-refractivity contribution in [1.82, 2.24) is 0 Å². The van der Waals surface area contributed by atoms with Gasteiger partial charge in [0.2, 0.25) is 0 Å². The highest BCUT2D eigenvalue weighted by Crippen LogP contribution is 2.20. The highest BCUT2D eigenvalue weighted by atomic mass is 16.7. The molecule has 0 heterocycles. The molecule has 0 saturated heterocycles. The number of carboxylic acids is 1. The van der Waals surface area contributed by atoms with Crippen LogP contribution in [0.5, 0.6) is 0 Å². The lowest BCUT2D eigenvalue weighted by Crippen LogP contribution is -2.44. The number of allylic oxidation sites excluding steroid dienone is 6. The quantitative estimate of drug-likeness (QED) is 0.0195. The number of esters is 2. The number of rotatable bonds is 78. The fourth-order valence-corrected chi connectivity index (χ4v) is 12.6. The van der Waals surface area contributed by atoms with Crippen molar-refractivity contribution in [3.8, 4) is 0 Å². The van der Waals surface area contributed by atoms with Gasteiger partial charge < -0.3 is 33.3 Å². The summed E-state index contributed by atoms with van der Waals surface area (Å²) in [5.74, 6) is -2.24. The molecule has 2 unspecified atom stereocenters. The van der Waals surface area contributed by atoms with Crippen LogP contribution in [-0.2, 0) is 33.3 Å². The molecule has 0 aliphatic carbocycles. The summed E-state index contributed by atoms with van der Waals surface area (Å²) in [6, 6.07) is 0. The summed E-state index contributed by atoms with van der Waals surface area (Å²) >= 11 is 0. The van der Waals surface area contributed by atoms with Gasteiger partial charge >= 0.3 is 11.9 Å². The van der Waals surface area contributed by atoms with E-state index in [1.807, 2.05) is 21.1 Å². The Hall–Kier alpha value is -2.49. The summed E-state index contributed by atoms with van der Waals surface area (Å²) in [5.41, 5.74) is 0. The van der Waals surface area contributed by atoms with Gasteiger partial charge in [-0.1, -0.05) is 397 Å². The molecule has 548 valence electrons. The predicted octanol–water partition coefficient (Wildman–Crippen LogP) is 24.9. The first-order valence-corrected chi connectivity index (χ1v) is 41.1. The van der Waals surface area contributed by atoms with Crippen LogP contribution in [0.3, 0.4) is 0 Å². The summed E-state index contributed by atoms with van der Waals surface area (Å²) in [7, 11) is 5.95. The third kappa shape index (κ3) is 76.7. The zero-order valence-corrected chi connectivity index (χ0v) is 62.9. The maximum atomic E-state index is 13.0. The normalized spacial score (nSPS) is 12.7. The average Bonchev–Trinajstić information content (AvgIpc) is 3.38. The van der Waals surface area contributed by atoms with E-state index in [-0.39, 0.29) is 32.2 Å². The zero-order chi connectivity index (χ0) is 67.5. The van der Waals surface area contributed by atoms with Gasteiger partial charge in [0.25, 0.3) is 0 Å². The molecule has 0 aliphatic heterocycles. The van der Waals surface area contributed by atoms with Crippen LogP contribution in [0.15, 0.2) is 36.5 Å². The average molecular weight is 1310 g/mol. The minimum absolute atomic E-state index is 0.152. The highest BCUT2D eigenvalue weighted by Gasteiger charge is 2.22. The number of nitrogens with zero attached hydrogens (tertiary/aromatic N) is 1. The molecular weight excluding hydrogens is 1150 g/mol. The van der Waals surface area contributed by atoms with Crippen LogP contribution in [0.1, 0.15) is 425 Å². The van der Waals surface area contributed by atoms with Crippen molar-refractivity contribution in [2.24, 2.45) is 0 Å². The number of hydrogen-bond acceptors (Lipinski definition) is 8. The third-order valence-electron chi connectivity index (χ3n) is 18.9. The van der Waals surface area contributed by atoms with Crippen LogP contribution in [-0.4, -0.2) is 82.3 Å². The summed E-state index contributed by atoms with van der Waals surface area (Å²) in [6.07, 6.45) is 94.3. The van der Waals surface area contributed by atoms with E-state index >= 15 is 0 Å². The number of unbranched alkanes of at least 4 members (excludes halogenated alkanes) is 57. The van der Waals surface area contributed by atoms with Crippen molar-refractivity contribution < 1.29 is 42.9 Å². The van der Waals surface area contributed by atoms with Gasteiger partial charge in [-0.05, 0) is 51.4 Å². The number of carboxylic acid groups (broad SMARTS) is 1. The lowest BCUT2D eigenvalue weighted by atomic mass is 10.0. The van der Waals surface area contributed by atoms with Gasteiger partial charge in [-0.3, -0.25) is 9.59 Å². The lowest BCUT2D eigenvalue weighted by Gasteiger charge is -2.26. The molecule has 0 radical (unpaired) electrons. The maximum absolute atomic E-state index is 13.0. The van der Waals surface area contributed by atoms with Gasteiger partial charge in [0, 0.05) is 12.8 Å². The Balaban J connectivity index is 3.94. The highest BCUT2D eigenvalue weighted by molar-refractivity contribution is 5.70. The van der Waals surface area contributed by atoms with E-state index in [4.69, 9.17) is 18.9 Å². The molecule has 0 fully saturated rings. The van der Waals surface area contributed by atoms with E-state index in [1.165, 1.54) is 347 Å². The molecule has 0 saturated carbocycles. The van der Waals surface area contributed by atoms with Crippen LogP contribution in [0.2, 0.25) is 0 Å². The Labute approximate surface area is 579 Å². The fraction of sp³-hybridized carbons (Fsp3) is 0.893. The van der Waals surface area contributed by atoms with Gasteiger partial charge in [0.1, 0.15) is 13.2 Å². The number of ether oxygens (including phenoxy) is 4. The zero-order valence-electron chi connectivity index (χ0n) is 62.9. The van der Waals surface area contributed by atoms with Crippen molar-refractivity contribution in [3.63, 3.8) is 0 Å². The molecule has 0 amide bonds. The molecule has 9 heteroatoms. The monoisotopic (exact) mass is 1310 g/mol. The summed E-state index contributed by atoms with van der Waals surface area (Å²) in [6.45, 7) is 4.82. The van der Waals surface area contributed by atoms with Crippen LogP contribution in [0.25, 0.3) is 0 Å². The Kier molecular flexibility index (Phi) is 73.3. The standard InChI is InChI=1S/C84H159NO8/c1-6-8-10-12-14-16-18-20-22-24-26-28-30-32-34-36-37-38-39-40-41-42-43-44-45-47-49-51-53-55-57-59-61-63-65-67-69-71-73-75-82(87)93-80(79-92-84(83(88)89)90-77-76-85(3,4)5)78-91-81(86)74-72-70-68-66-64-62-60-58-56-54-52-50-48-46-35-33-31-29-27-25-23-21-19-17-15-13-11-9-7-2/h18,20,24,26,30,32,80,84H,6-17,19,21-23,25,27-29,31,33-79H2,1-5H3/b20-18-,26-24-,32-30-. The second kappa shape index (κ2) is 75.3. The fourth-order valence-electron chi connectivity index (χ4n) is 12.6. The van der Waals surface area contributed by atoms with Crippen LogP contribution < -0.4 is 5.11 Å². The van der Waals surface area contributed by atoms with Gasteiger partial charge in [-0.2, -0.15) is 0 Å². The first-order chi connectivity index (χ1) is 45.6. The molecule has 0 aliphatic rings. The Morgan fingerprint density at radius 2 is 0.581 bits per heavy atom. The van der Waals surface area contributed by atoms with Crippen molar-refractivity contribution in [2.75, 3.05) is 47.5 Å². The number of aliphatic carboxylic acids is 1. The van der Waals surface area contributed by atoms with E-state index < -0.39 is 24.3 Å². The molecule has 0 N–H and O–H groups in total. The Bertz CT molecular complexity index is 1620. The van der Waals surface area contributed by atoms with Crippen molar-refractivity contribution in [3.05, 3.63) is 36.5 Å². The van der Waals surface area contributed by atoms with E-state index in [0.29, 0.717) is 17.4 Å². The number of quaternary nitrogens is 1. The Morgan fingerprint density at radius 1 is 0.323 bits per heavy atom.